The summed E-state index contributed by atoms with van der Waals surface area (Å²) in [6.45, 7) is 11.5. The number of nitrogens with zero attached hydrogens (tertiary/aromatic N) is 2. The Balaban J connectivity index is 2.26. The molecular formula is C19H35N5O3. The number of amides is 1. The molecule has 0 saturated heterocycles. The normalized spacial score (nSPS) is 12.2. The molecule has 0 unspecified atom stereocenters. The number of ether oxygens (including phenoxy) is 1. The predicted octanol–water partition coefficient (Wildman–Crippen LogP) is 3.16. The van der Waals surface area contributed by atoms with Gasteiger partial charge >= 0.3 is 6.09 Å². The van der Waals surface area contributed by atoms with Gasteiger partial charge in [0.25, 0.3) is 0 Å². The molecule has 0 saturated carbocycles. The Kier molecular flexibility index (Phi) is 9.67. The molecule has 1 rings (SSSR count). The van der Waals surface area contributed by atoms with Crippen LogP contribution in [0.15, 0.2) is 15.6 Å². The maximum absolute atomic E-state index is 11.6. The highest BCUT2D eigenvalue weighted by Crippen LogP contribution is 2.22. The van der Waals surface area contributed by atoms with Crippen molar-refractivity contribution in [3.05, 3.63) is 17.5 Å². The van der Waals surface area contributed by atoms with Crippen molar-refractivity contribution in [1.82, 2.24) is 21.1 Å². The van der Waals surface area contributed by atoms with Crippen LogP contribution in [0.5, 0.6) is 0 Å². The van der Waals surface area contributed by atoms with Crippen molar-refractivity contribution in [2.45, 2.75) is 71.9 Å². The van der Waals surface area contributed by atoms with Gasteiger partial charge < -0.3 is 25.2 Å². The van der Waals surface area contributed by atoms with Crippen molar-refractivity contribution in [3.63, 3.8) is 0 Å². The van der Waals surface area contributed by atoms with E-state index >= 15 is 0 Å². The van der Waals surface area contributed by atoms with E-state index in [0.29, 0.717) is 31.5 Å². The summed E-state index contributed by atoms with van der Waals surface area (Å²) in [4.78, 5) is 15.7. The lowest BCUT2D eigenvalue weighted by atomic mass is 9.99. The molecule has 8 nitrogen and oxygen atoms in total. The first-order chi connectivity index (χ1) is 12.8. The van der Waals surface area contributed by atoms with Crippen LogP contribution < -0.4 is 16.0 Å². The van der Waals surface area contributed by atoms with Gasteiger partial charge in [-0.2, -0.15) is 0 Å². The quantitative estimate of drug-likeness (QED) is 0.345. The summed E-state index contributed by atoms with van der Waals surface area (Å²) < 4.78 is 10.6. The average Bonchev–Trinajstić information content (AvgIpc) is 3.05. The van der Waals surface area contributed by atoms with Gasteiger partial charge in [0.05, 0.1) is 12.2 Å². The maximum atomic E-state index is 11.6. The largest absolute Gasteiger partial charge is 0.444 e. The van der Waals surface area contributed by atoms with Crippen molar-refractivity contribution in [1.29, 1.82) is 0 Å². The van der Waals surface area contributed by atoms with E-state index in [4.69, 9.17) is 9.26 Å². The lowest BCUT2D eigenvalue weighted by Crippen LogP contribution is -2.39. The number of alkyl carbamates (subject to hydrolysis) is 1. The summed E-state index contributed by atoms with van der Waals surface area (Å²) in [5.41, 5.74) is 0.524. The SMILES string of the molecule is CCC(CC)c1cc(CNC(=NC)NCCCNC(=O)OC(C)(C)C)on1. The zero-order chi connectivity index (χ0) is 20.3. The number of guanidine groups is 1. The number of hydrogen-bond acceptors (Lipinski definition) is 5. The van der Waals surface area contributed by atoms with E-state index in [9.17, 15) is 4.79 Å². The second-order valence-corrected chi connectivity index (χ2v) is 7.37. The lowest BCUT2D eigenvalue weighted by molar-refractivity contribution is 0.0527. The van der Waals surface area contributed by atoms with Crippen LogP contribution in [0.2, 0.25) is 0 Å². The highest BCUT2D eigenvalue weighted by Gasteiger charge is 2.15. The average molecular weight is 382 g/mol. The Morgan fingerprint density at radius 3 is 2.48 bits per heavy atom. The number of carbonyl (C=O) groups is 1. The summed E-state index contributed by atoms with van der Waals surface area (Å²) in [6.07, 6.45) is 2.46. The van der Waals surface area contributed by atoms with Gasteiger partial charge in [-0.3, -0.25) is 4.99 Å². The molecule has 0 aromatic carbocycles. The van der Waals surface area contributed by atoms with Crippen LogP contribution in [0.4, 0.5) is 4.79 Å². The second-order valence-electron chi connectivity index (χ2n) is 7.37. The highest BCUT2D eigenvalue weighted by atomic mass is 16.6. The van der Waals surface area contributed by atoms with Gasteiger partial charge in [0.2, 0.25) is 0 Å². The maximum Gasteiger partial charge on any atom is 0.407 e. The first-order valence-corrected chi connectivity index (χ1v) is 9.65. The van der Waals surface area contributed by atoms with Crippen LogP contribution >= 0.6 is 0 Å². The first kappa shape index (κ1) is 22.8. The van der Waals surface area contributed by atoms with Crippen molar-refractivity contribution in [2.24, 2.45) is 4.99 Å². The molecule has 8 heteroatoms. The zero-order valence-electron chi connectivity index (χ0n) is 17.5. The molecule has 0 atom stereocenters. The fourth-order valence-electron chi connectivity index (χ4n) is 2.50. The molecule has 0 radical (unpaired) electrons. The minimum Gasteiger partial charge on any atom is -0.444 e. The van der Waals surface area contributed by atoms with Gasteiger partial charge in [0.1, 0.15) is 5.60 Å². The monoisotopic (exact) mass is 381 g/mol. The Labute approximate surface area is 162 Å². The van der Waals surface area contributed by atoms with E-state index in [-0.39, 0.29) is 0 Å². The van der Waals surface area contributed by atoms with Crippen molar-refractivity contribution in [3.8, 4) is 0 Å². The predicted molar refractivity (Wildman–Crippen MR) is 107 cm³/mol. The second kappa shape index (κ2) is 11.5. The van der Waals surface area contributed by atoms with Crippen molar-refractivity contribution in [2.75, 3.05) is 20.1 Å². The van der Waals surface area contributed by atoms with E-state index < -0.39 is 11.7 Å². The number of hydrogen-bond donors (Lipinski definition) is 3. The van der Waals surface area contributed by atoms with Gasteiger partial charge in [-0.05, 0) is 40.0 Å². The van der Waals surface area contributed by atoms with Gasteiger partial charge in [0.15, 0.2) is 11.7 Å². The van der Waals surface area contributed by atoms with Crippen LogP contribution in [-0.4, -0.2) is 42.9 Å². The summed E-state index contributed by atoms with van der Waals surface area (Å²) in [7, 11) is 1.71. The molecule has 1 amide bonds. The third-order valence-corrected chi connectivity index (χ3v) is 3.95. The van der Waals surface area contributed by atoms with Crippen LogP contribution in [0, 0.1) is 0 Å². The van der Waals surface area contributed by atoms with Gasteiger partial charge in [-0.15, -0.1) is 0 Å². The molecule has 0 fully saturated rings. The van der Waals surface area contributed by atoms with Crippen LogP contribution in [-0.2, 0) is 11.3 Å². The standard InChI is InChI=1S/C19H35N5O3/c1-7-14(8-2)16-12-15(27-24-16)13-23-17(20-6)21-10-9-11-22-18(25)26-19(3,4)5/h12,14H,7-11,13H2,1-6H3,(H,22,25)(H2,20,21,23). The Morgan fingerprint density at radius 1 is 1.22 bits per heavy atom. The molecular weight excluding hydrogens is 346 g/mol. The number of nitrogens with one attached hydrogen (secondary N) is 3. The molecule has 27 heavy (non-hydrogen) atoms. The fourth-order valence-corrected chi connectivity index (χ4v) is 2.50. The molecule has 1 heterocycles. The van der Waals surface area contributed by atoms with Gasteiger partial charge in [-0.1, -0.05) is 19.0 Å². The summed E-state index contributed by atoms with van der Waals surface area (Å²) in [6, 6.07) is 2.00. The van der Waals surface area contributed by atoms with Gasteiger partial charge in [0, 0.05) is 32.1 Å². The molecule has 1 aromatic rings. The smallest absolute Gasteiger partial charge is 0.407 e. The molecule has 154 valence electrons. The van der Waals surface area contributed by atoms with E-state index in [1.54, 1.807) is 7.05 Å². The molecule has 0 spiro atoms. The molecule has 3 N–H and O–H groups in total. The topological polar surface area (TPSA) is 101 Å². The minimum absolute atomic E-state index is 0.399. The van der Waals surface area contributed by atoms with Crippen LogP contribution in [0.3, 0.4) is 0 Å². The minimum atomic E-state index is -0.483. The Bertz CT molecular complexity index is 588. The van der Waals surface area contributed by atoms with Crippen LogP contribution in [0.25, 0.3) is 0 Å². The molecule has 0 aliphatic carbocycles. The fraction of sp³-hybridized carbons (Fsp3) is 0.737. The van der Waals surface area contributed by atoms with Crippen molar-refractivity contribution < 1.29 is 14.1 Å². The number of aromatic nitrogens is 1. The molecule has 0 aliphatic heterocycles. The Hall–Kier alpha value is -2.25. The molecule has 0 bridgehead atoms. The number of aliphatic imine (C=N–C) groups is 1. The number of carbonyl (C=O) groups excluding carboxylic acids is 1. The highest BCUT2D eigenvalue weighted by molar-refractivity contribution is 5.79. The summed E-state index contributed by atoms with van der Waals surface area (Å²) >= 11 is 0. The van der Waals surface area contributed by atoms with E-state index in [0.717, 1.165) is 30.7 Å². The molecule has 0 aliphatic rings. The number of rotatable bonds is 9. The Morgan fingerprint density at radius 2 is 1.89 bits per heavy atom. The van der Waals surface area contributed by atoms with E-state index in [1.807, 2.05) is 26.8 Å². The van der Waals surface area contributed by atoms with E-state index in [1.165, 1.54) is 0 Å². The van der Waals surface area contributed by atoms with Gasteiger partial charge in [-0.25, -0.2) is 4.79 Å². The first-order valence-electron chi connectivity index (χ1n) is 9.65. The van der Waals surface area contributed by atoms with E-state index in [2.05, 4.69) is 39.9 Å². The molecule has 1 aromatic heterocycles. The third-order valence-electron chi connectivity index (χ3n) is 3.95. The zero-order valence-corrected chi connectivity index (χ0v) is 17.5. The summed E-state index contributed by atoms with van der Waals surface area (Å²) in [5, 5.41) is 13.3. The van der Waals surface area contributed by atoms with Crippen LogP contribution in [0.1, 0.15) is 71.3 Å². The van der Waals surface area contributed by atoms with Crippen molar-refractivity contribution >= 4 is 12.1 Å². The lowest BCUT2D eigenvalue weighted by Gasteiger charge is -2.19. The third kappa shape index (κ3) is 9.30. The summed E-state index contributed by atoms with van der Waals surface area (Å²) in [5.74, 6) is 1.90.